The summed E-state index contributed by atoms with van der Waals surface area (Å²) in [5, 5.41) is 10.0. The fourth-order valence-corrected chi connectivity index (χ4v) is 5.42. The van der Waals surface area contributed by atoms with E-state index < -0.39 is 0 Å². The van der Waals surface area contributed by atoms with Crippen molar-refractivity contribution in [1.29, 1.82) is 0 Å². The van der Waals surface area contributed by atoms with Crippen LogP contribution in [0.3, 0.4) is 0 Å². The predicted octanol–water partition coefficient (Wildman–Crippen LogP) is 5.19. The van der Waals surface area contributed by atoms with Crippen molar-refractivity contribution < 1.29 is 14.6 Å². The van der Waals surface area contributed by atoms with Crippen LogP contribution in [0.5, 0.6) is 0 Å². The molecule has 0 aromatic carbocycles. The summed E-state index contributed by atoms with van der Waals surface area (Å²) in [5.41, 5.74) is 4.78. The summed E-state index contributed by atoms with van der Waals surface area (Å²) >= 11 is 0. The van der Waals surface area contributed by atoms with E-state index in [1.165, 1.54) is 38.2 Å². The fraction of sp³-hybridized carbons (Fsp3) is 0.773. The third-order valence-corrected chi connectivity index (χ3v) is 6.92. The van der Waals surface area contributed by atoms with E-state index in [4.69, 9.17) is 4.74 Å². The summed E-state index contributed by atoms with van der Waals surface area (Å²) in [7, 11) is 0. The van der Waals surface area contributed by atoms with Crippen molar-refractivity contribution in [2.75, 3.05) is 13.2 Å². The van der Waals surface area contributed by atoms with Gasteiger partial charge in [-0.3, -0.25) is 4.79 Å². The van der Waals surface area contributed by atoms with Gasteiger partial charge in [-0.1, -0.05) is 37.0 Å². The Kier molecular flexibility index (Phi) is 6.53. The Labute approximate surface area is 153 Å². The molecule has 1 fully saturated rings. The van der Waals surface area contributed by atoms with E-state index in [0.29, 0.717) is 19.1 Å². The Balaban J connectivity index is 2.12. The van der Waals surface area contributed by atoms with Crippen molar-refractivity contribution in [3.05, 3.63) is 22.8 Å². The molecule has 2 aliphatic rings. The first-order chi connectivity index (χ1) is 11.7. The molecule has 1 saturated carbocycles. The molecule has 0 radical (unpaired) electrons. The molecule has 0 spiro atoms. The molecule has 25 heavy (non-hydrogen) atoms. The largest absolute Gasteiger partial charge is 0.462 e. The first-order valence-electron chi connectivity index (χ1n) is 9.82. The Bertz CT molecular complexity index is 560. The molecule has 3 nitrogen and oxygen atoms in total. The molecule has 0 saturated heterocycles. The standard InChI is InChI=1S/C22H36O3/c1-16(11-14-25-18(3)24)7-9-19-17(2)8-10-20-21(4,15-23)12-6-13-22(19,20)5/h11,20,23H,6-10,12-15H2,1-5H3. The highest BCUT2D eigenvalue weighted by Gasteiger charge is 2.51. The number of esters is 1. The Morgan fingerprint density at radius 2 is 2.04 bits per heavy atom. The van der Waals surface area contributed by atoms with Gasteiger partial charge in [0.05, 0.1) is 0 Å². The molecular weight excluding hydrogens is 312 g/mol. The normalized spacial score (nSPS) is 33.2. The molecule has 0 aromatic heterocycles. The van der Waals surface area contributed by atoms with Crippen molar-refractivity contribution >= 4 is 5.97 Å². The molecule has 3 unspecified atom stereocenters. The van der Waals surface area contributed by atoms with Crippen LogP contribution in [-0.2, 0) is 9.53 Å². The summed E-state index contributed by atoms with van der Waals surface area (Å²) in [6, 6.07) is 0. The zero-order valence-electron chi connectivity index (χ0n) is 16.8. The lowest BCUT2D eigenvalue weighted by atomic mass is 9.49. The molecule has 3 atom stereocenters. The number of carbonyl (C=O) groups excluding carboxylic acids is 1. The van der Waals surface area contributed by atoms with Gasteiger partial charge in [0, 0.05) is 13.5 Å². The number of aliphatic hydroxyl groups is 1. The molecule has 0 bridgehead atoms. The summed E-state index contributed by atoms with van der Waals surface area (Å²) in [4.78, 5) is 10.9. The van der Waals surface area contributed by atoms with Crippen LogP contribution in [0, 0.1) is 16.7 Å². The second-order valence-corrected chi connectivity index (χ2v) is 8.79. The molecule has 0 heterocycles. The predicted molar refractivity (Wildman–Crippen MR) is 102 cm³/mol. The molecule has 2 aliphatic carbocycles. The summed E-state index contributed by atoms with van der Waals surface area (Å²) in [6.45, 7) is 11.3. The van der Waals surface area contributed by atoms with Crippen LogP contribution in [0.2, 0.25) is 0 Å². The quantitative estimate of drug-likeness (QED) is 0.530. The minimum absolute atomic E-state index is 0.0686. The fourth-order valence-electron chi connectivity index (χ4n) is 5.42. The van der Waals surface area contributed by atoms with Gasteiger partial charge in [-0.2, -0.15) is 0 Å². The Hall–Kier alpha value is -1.09. The topological polar surface area (TPSA) is 46.5 Å². The highest BCUT2D eigenvalue weighted by molar-refractivity contribution is 5.66. The maximum Gasteiger partial charge on any atom is 0.302 e. The van der Waals surface area contributed by atoms with E-state index in [-0.39, 0.29) is 16.8 Å². The monoisotopic (exact) mass is 348 g/mol. The van der Waals surface area contributed by atoms with Gasteiger partial charge in [0.25, 0.3) is 0 Å². The number of ether oxygens (including phenoxy) is 1. The van der Waals surface area contributed by atoms with E-state index in [0.717, 1.165) is 19.3 Å². The number of aliphatic hydroxyl groups excluding tert-OH is 1. The van der Waals surface area contributed by atoms with Crippen molar-refractivity contribution in [3.63, 3.8) is 0 Å². The molecule has 0 aliphatic heterocycles. The number of fused-ring (bicyclic) bond motifs is 1. The number of rotatable bonds is 6. The van der Waals surface area contributed by atoms with Gasteiger partial charge in [0.15, 0.2) is 0 Å². The van der Waals surface area contributed by atoms with Gasteiger partial charge in [-0.15, -0.1) is 0 Å². The summed E-state index contributed by atoms with van der Waals surface area (Å²) < 4.78 is 5.02. The lowest BCUT2D eigenvalue weighted by Crippen LogP contribution is -2.48. The third kappa shape index (κ3) is 4.36. The molecule has 0 aromatic rings. The van der Waals surface area contributed by atoms with E-state index in [9.17, 15) is 9.90 Å². The second kappa shape index (κ2) is 8.07. The Morgan fingerprint density at radius 3 is 2.68 bits per heavy atom. The van der Waals surface area contributed by atoms with Crippen LogP contribution in [0.15, 0.2) is 22.8 Å². The zero-order chi connectivity index (χ0) is 18.7. The minimum Gasteiger partial charge on any atom is -0.462 e. The van der Waals surface area contributed by atoms with Gasteiger partial charge in [0.1, 0.15) is 6.61 Å². The smallest absolute Gasteiger partial charge is 0.302 e. The van der Waals surface area contributed by atoms with Crippen LogP contribution in [0.1, 0.15) is 79.6 Å². The summed E-state index contributed by atoms with van der Waals surface area (Å²) in [5.74, 6) is 0.360. The molecule has 0 amide bonds. The zero-order valence-corrected chi connectivity index (χ0v) is 16.8. The molecule has 2 rings (SSSR count). The van der Waals surface area contributed by atoms with Crippen LogP contribution < -0.4 is 0 Å². The van der Waals surface area contributed by atoms with Gasteiger partial charge < -0.3 is 9.84 Å². The van der Waals surface area contributed by atoms with Crippen molar-refractivity contribution in [1.82, 2.24) is 0 Å². The second-order valence-electron chi connectivity index (χ2n) is 8.79. The minimum atomic E-state index is -0.226. The van der Waals surface area contributed by atoms with Gasteiger partial charge in [0.2, 0.25) is 0 Å². The van der Waals surface area contributed by atoms with Crippen LogP contribution >= 0.6 is 0 Å². The lowest BCUT2D eigenvalue weighted by molar-refractivity contribution is -0.139. The number of carbonyl (C=O) groups is 1. The van der Waals surface area contributed by atoms with Crippen LogP contribution in [0.25, 0.3) is 0 Å². The van der Waals surface area contributed by atoms with Crippen molar-refractivity contribution in [3.8, 4) is 0 Å². The first-order valence-corrected chi connectivity index (χ1v) is 9.82. The average molecular weight is 349 g/mol. The van der Waals surface area contributed by atoms with E-state index in [1.54, 1.807) is 11.1 Å². The summed E-state index contributed by atoms with van der Waals surface area (Å²) in [6.07, 6.45) is 10.1. The SMILES string of the molecule is CC(=O)OCC=C(C)CCC1=C(C)CCC2C(C)(CO)CCCC12C. The van der Waals surface area contributed by atoms with Crippen molar-refractivity contribution in [2.45, 2.75) is 79.6 Å². The van der Waals surface area contributed by atoms with Gasteiger partial charge in [-0.25, -0.2) is 0 Å². The lowest BCUT2D eigenvalue weighted by Gasteiger charge is -2.56. The van der Waals surface area contributed by atoms with Gasteiger partial charge in [-0.05, 0) is 75.2 Å². The maximum atomic E-state index is 10.9. The van der Waals surface area contributed by atoms with E-state index in [2.05, 4.69) is 27.7 Å². The maximum absolute atomic E-state index is 10.9. The molecule has 142 valence electrons. The van der Waals surface area contributed by atoms with Crippen molar-refractivity contribution in [2.24, 2.45) is 16.7 Å². The van der Waals surface area contributed by atoms with E-state index in [1.807, 2.05) is 6.08 Å². The van der Waals surface area contributed by atoms with Gasteiger partial charge >= 0.3 is 5.97 Å². The number of hydrogen-bond donors (Lipinski definition) is 1. The van der Waals surface area contributed by atoms with Crippen LogP contribution in [0.4, 0.5) is 0 Å². The molecule has 1 N–H and O–H groups in total. The van der Waals surface area contributed by atoms with E-state index >= 15 is 0 Å². The third-order valence-electron chi connectivity index (χ3n) is 6.92. The first kappa shape index (κ1) is 20.2. The highest BCUT2D eigenvalue weighted by atomic mass is 16.5. The van der Waals surface area contributed by atoms with Crippen LogP contribution in [-0.4, -0.2) is 24.3 Å². The highest BCUT2D eigenvalue weighted by Crippen LogP contribution is 2.60. The molecule has 3 heteroatoms. The average Bonchev–Trinajstić information content (AvgIpc) is 2.53. The number of hydrogen-bond acceptors (Lipinski definition) is 3. The Morgan fingerprint density at radius 1 is 1.32 bits per heavy atom. The molecular formula is C22H36O3. The number of allylic oxidation sites excluding steroid dienone is 3.